The third kappa shape index (κ3) is 3.31. The lowest BCUT2D eigenvalue weighted by Crippen LogP contribution is -2.22. The van der Waals surface area contributed by atoms with E-state index in [0.29, 0.717) is 0 Å². The van der Waals surface area contributed by atoms with Crippen LogP contribution in [0.25, 0.3) is 0 Å². The maximum Gasteiger partial charge on any atom is 0.0898 e. The van der Waals surface area contributed by atoms with Crippen molar-refractivity contribution >= 4 is 22.9 Å². The zero-order valence-corrected chi connectivity index (χ0v) is 12.3. The first-order valence-electron chi connectivity index (χ1n) is 6.00. The molecule has 2 aromatic rings. The second kappa shape index (κ2) is 5.83. The fourth-order valence-electron chi connectivity index (χ4n) is 1.89. The average Bonchev–Trinajstić information content (AvgIpc) is 2.76. The highest BCUT2D eigenvalue weighted by Gasteiger charge is 2.13. The maximum absolute atomic E-state index is 5.89. The Kier molecular flexibility index (Phi) is 4.38. The molecule has 2 atom stereocenters. The Bertz CT molecular complexity index is 507. The standard InChI is InChI=1S/C14H17ClN2S/c1-9(12-4-6-13(15)7-5-12)16-10(2)14-8-18-11(3)17-14/h4-10,16H,1-3H3/t9-,10?/m0/s1. The molecule has 0 radical (unpaired) electrons. The van der Waals surface area contributed by atoms with Gasteiger partial charge in [-0.15, -0.1) is 11.3 Å². The molecule has 0 saturated carbocycles. The van der Waals surface area contributed by atoms with Crippen LogP contribution in [-0.2, 0) is 0 Å². The first-order valence-corrected chi connectivity index (χ1v) is 7.25. The molecule has 2 nitrogen and oxygen atoms in total. The molecule has 1 aromatic heterocycles. The third-order valence-electron chi connectivity index (χ3n) is 2.95. The lowest BCUT2D eigenvalue weighted by Gasteiger charge is -2.19. The van der Waals surface area contributed by atoms with Crippen molar-refractivity contribution in [3.05, 3.63) is 50.9 Å². The van der Waals surface area contributed by atoms with Crippen LogP contribution in [0.4, 0.5) is 0 Å². The summed E-state index contributed by atoms with van der Waals surface area (Å²) in [7, 11) is 0. The van der Waals surface area contributed by atoms with Crippen molar-refractivity contribution in [3.8, 4) is 0 Å². The van der Waals surface area contributed by atoms with Gasteiger partial charge in [-0.2, -0.15) is 0 Å². The Morgan fingerprint density at radius 1 is 1.17 bits per heavy atom. The molecule has 0 aliphatic carbocycles. The Balaban J connectivity index is 2.02. The minimum absolute atomic E-state index is 0.251. The van der Waals surface area contributed by atoms with Crippen LogP contribution in [0.15, 0.2) is 29.6 Å². The molecule has 0 bridgehead atoms. The van der Waals surface area contributed by atoms with Crippen molar-refractivity contribution < 1.29 is 0 Å². The Morgan fingerprint density at radius 2 is 1.83 bits per heavy atom. The lowest BCUT2D eigenvalue weighted by atomic mass is 10.1. The van der Waals surface area contributed by atoms with Gasteiger partial charge in [0.05, 0.1) is 10.7 Å². The molecule has 96 valence electrons. The summed E-state index contributed by atoms with van der Waals surface area (Å²) in [5.41, 5.74) is 2.34. The zero-order chi connectivity index (χ0) is 13.1. The number of halogens is 1. The average molecular weight is 281 g/mol. The van der Waals surface area contributed by atoms with E-state index in [4.69, 9.17) is 11.6 Å². The Hall–Kier alpha value is -0.900. The molecule has 2 rings (SSSR count). The predicted molar refractivity (Wildman–Crippen MR) is 78.3 cm³/mol. The van der Waals surface area contributed by atoms with E-state index in [1.807, 2.05) is 19.1 Å². The van der Waals surface area contributed by atoms with E-state index in [0.717, 1.165) is 15.7 Å². The van der Waals surface area contributed by atoms with Crippen molar-refractivity contribution in [3.63, 3.8) is 0 Å². The number of benzene rings is 1. The smallest absolute Gasteiger partial charge is 0.0898 e. The minimum atomic E-state index is 0.251. The summed E-state index contributed by atoms with van der Waals surface area (Å²) in [5.74, 6) is 0. The summed E-state index contributed by atoms with van der Waals surface area (Å²) in [6.07, 6.45) is 0. The maximum atomic E-state index is 5.89. The van der Waals surface area contributed by atoms with Gasteiger partial charge in [-0.3, -0.25) is 0 Å². The van der Waals surface area contributed by atoms with Crippen LogP contribution in [0.1, 0.15) is 42.2 Å². The van der Waals surface area contributed by atoms with E-state index < -0.39 is 0 Å². The summed E-state index contributed by atoms with van der Waals surface area (Å²) in [5, 5.41) is 7.54. The molecule has 1 heterocycles. The fraction of sp³-hybridized carbons (Fsp3) is 0.357. The van der Waals surface area contributed by atoms with Gasteiger partial charge in [0, 0.05) is 22.5 Å². The molecule has 1 unspecified atom stereocenters. The number of hydrogen-bond donors (Lipinski definition) is 1. The Morgan fingerprint density at radius 3 is 2.39 bits per heavy atom. The van der Waals surface area contributed by atoms with Gasteiger partial charge >= 0.3 is 0 Å². The number of aromatic nitrogens is 1. The van der Waals surface area contributed by atoms with Crippen LogP contribution in [0, 0.1) is 6.92 Å². The van der Waals surface area contributed by atoms with Crippen LogP contribution >= 0.6 is 22.9 Å². The van der Waals surface area contributed by atoms with Crippen LogP contribution in [0.3, 0.4) is 0 Å². The molecule has 0 aliphatic rings. The molecule has 18 heavy (non-hydrogen) atoms. The van der Waals surface area contributed by atoms with Crippen molar-refractivity contribution in [1.82, 2.24) is 10.3 Å². The van der Waals surface area contributed by atoms with E-state index in [-0.39, 0.29) is 12.1 Å². The summed E-state index contributed by atoms with van der Waals surface area (Å²) in [4.78, 5) is 4.51. The molecular weight excluding hydrogens is 264 g/mol. The molecule has 0 saturated heterocycles. The molecule has 1 N–H and O–H groups in total. The van der Waals surface area contributed by atoms with Gasteiger partial charge in [0.25, 0.3) is 0 Å². The molecule has 0 spiro atoms. The molecule has 0 aliphatic heterocycles. The van der Waals surface area contributed by atoms with E-state index in [9.17, 15) is 0 Å². The molecule has 1 aromatic carbocycles. The van der Waals surface area contributed by atoms with Crippen molar-refractivity contribution in [2.45, 2.75) is 32.9 Å². The molecule has 0 amide bonds. The second-order valence-electron chi connectivity index (χ2n) is 4.45. The van der Waals surface area contributed by atoms with Gasteiger partial charge in [-0.1, -0.05) is 23.7 Å². The zero-order valence-electron chi connectivity index (χ0n) is 10.8. The summed E-state index contributed by atoms with van der Waals surface area (Å²) < 4.78 is 0. The van der Waals surface area contributed by atoms with Crippen LogP contribution < -0.4 is 5.32 Å². The van der Waals surface area contributed by atoms with Crippen molar-refractivity contribution in [1.29, 1.82) is 0 Å². The second-order valence-corrected chi connectivity index (χ2v) is 5.95. The van der Waals surface area contributed by atoms with Gasteiger partial charge < -0.3 is 5.32 Å². The van der Waals surface area contributed by atoms with Crippen LogP contribution in [0.2, 0.25) is 5.02 Å². The van der Waals surface area contributed by atoms with E-state index in [2.05, 4.69) is 41.7 Å². The summed E-state index contributed by atoms with van der Waals surface area (Å²) >= 11 is 7.58. The third-order valence-corrected chi connectivity index (χ3v) is 3.99. The van der Waals surface area contributed by atoms with Crippen molar-refractivity contribution in [2.75, 3.05) is 0 Å². The van der Waals surface area contributed by atoms with Gasteiger partial charge in [-0.05, 0) is 38.5 Å². The summed E-state index contributed by atoms with van der Waals surface area (Å²) in [6, 6.07) is 8.48. The van der Waals surface area contributed by atoms with E-state index in [1.54, 1.807) is 11.3 Å². The fourth-order valence-corrected chi connectivity index (χ4v) is 2.72. The molecule has 4 heteroatoms. The SMILES string of the molecule is Cc1nc(C(C)N[C@@H](C)c2ccc(Cl)cc2)cs1. The number of rotatable bonds is 4. The molecule has 0 fully saturated rings. The van der Waals surface area contributed by atoms with Gasteiger partial charge in [0.2, 0.25) is 0 Å². The highest BCUT2D eigenvalue weighted by Crippen LogP contribution is 2.21. The highest BCUT2D eigenvalue weighted by atomic mass is 35.5. The predicted octanol–water partition coefficient (Wildman–Crippen LogP) is 4.52. The minimum Gasteiger partial charge on any atom is -0.302 e. The van der Waals surface area contributed by atoms with Gasteiger partial charge in [0.15, 0.2) is 0 Å². The van der Waals surface area contributed by atoms with Crippen molar-refractivity contribution in [2.24, 2.45) is 0 Å². The number of hydrogen-bond acceptors (Lipinski definition) is 3. The monoisotopic (exact) mass is 280 g/mol. The number of nitrogens with one attached hydrogen (secondary N) is 1. The van der Waals surface area contributed by atoms with Crippen LogP contribution in [0.5, 0.6) is 0 Å². The lowest BCUT2D eigenvalue weighted by molar-refractivity contribution is 0.487. The van der Waals surface area contributed by atoms with E-state index >= 15 is 0 Å². The van der Waals surface area contributed by atoms with Gasteiger partial charge in [-0.25, -0.2) is 4.98 Å². The number of thiazole rings is 1. The van der Waals surface area contributed by atoms with E-state index in [1.165, 1.54) is 5.56 Å². The first-order chi connectivity index (χ1) is 8.56. The normalized spacial score (nSPS) is 14.4. The Labute approximate surface area is 117 Å². The number of aryl methyl sites for hydroxylation is 1. The first kappa shape index (κ1) is 13.5. The van der Waals surface area contributed by atoms with Gasteiger partial charge in [0.1, 0.15) is 0 Å². The van der Waals surface area contributed by atoms with Crippen LogP contribution in [-0.4, -0.2) is 4.98 Å². The largest absolute Gasteiger partial charge is 0.302 e. The summed E-state index contributed by atoms with van der Waals surface area (Å²) in [6.45, 7) is 6.32. The molecular formula is C14H17ClN2S. The quantitative estimate of drug-likeness (QED) is 0.891. The number of nitrogens with zero attached hydrogens (tertiary/aromatic N) is 1. The topological polar surface area (TPSA) is 24.9 Å². The highest BCUT2D eigenvalue weighted by molar-refractivity contribution is 7.09.